The second-order valence-corrected chi connectivity index (χ2v) is 3.24. The minimum atomic E-state index is 0.519. The molecule has 1 N–H and O–H groups in total. The van der Waals surface area contributed by atoms with Crippen molar-refractivity contribution in [2.75, 3.05) is 20.1 Å². The molecule has 1 saturated heterocycles. The van der Waals surface area contributed by atoms with Crippen LogP contribution in [0.2, 0.25) is 0 Å². The summed E-state index contributed by atoms with van der Waals surface area (Å²) in [7, 11) is 1.95. The number of nitrogens with zero attached hydrogens (tertiary/aromatic N) is 1. The summed E-state index contributed by atoms with van der Waals surface area (Å²) in [6.07, 6.45) is 4.51. The molecule has 1 aliphatic heterocycles. The van der Waals surface area contributed by atoms with E-state index >= 15 is 0 Å². The molecular formula is C10H18N2. The Morgan fingerprint density at radius 1 is 1.75 bits per heavy atom. The topological polar surface area (TPSA) is 15.3 Å². The van der Waals surface area contributed by atoms with E-state index in [2.05, 4.69) is 23.4 Å². The van der Waals surface area contributed by atoms with Gasteiger partial charge in [0.1, 0.15) is 0 Å². The molecule has 1 unspecified atom stereocenters. The highest BCUT2D eigenvalue weighted by molar-refractivity contribution is 5.06. The van der Waals surface area contributed by atoms with E-state index in [1.165, 1.54) is 18.5 Å². The maximum atomic E-state index is 4.04. The summed E-state index contributed by atoms with van der Waals surface area (Å²) in [5.74, 6) is 0. The Morgan fingerprint density at radius 3 is 3.08 bits per heavy atom. The maximum absolute atomic E-state index is 4.04. The van der Waals surface area contributed by atoms with Crippen molar-refractivity contribution in [2.24, 2.45) is 0 Å². The van der Waals surface area contributed by atoms with E-state index in [4.69, 9.17) is 0 Å². The van der Waals surface area contributed by atoms with Gasteiger partial charge in [0.15, 0.2) is 0 Å². The van der Waals surface area contributed by atoms with Crippen molar-refractivity contribution >= 4 is 0 Å². The summed E-state index contributed by atoms with van der Waals surface area (Å²) >= 11 is 0. The van der Waals surface area contributed by atoms with Gasteiger partial charge in [0.2, 0.25) is 0 Å². The van der Waals surface area contributed by atoms with Gasteiger partial charge in [0.05, 0.1) is 0 Å². The van der Waals surface area contributed by atoms with Crippen LogP contribution in [0.3, 0.4) is 0 Å². The van der Waals surface area contributed by atoms with Crippen molar-refractivity contribution < 1.29 is 0 Å². The van der Waals surface area contributed by atoms with Gasteiger partial charge < -0.3 is 10.2 Å². The Kier molecular flexibility index (Phi) is 3.35. The summed E-state index contributed by atoms with van der Waals surface area (Å²) in [5, 5.41) is 3.11. The van der Waals surface area contributed by atoms with Crippen molar-refractivity contribution in [3.63, 3.8) is 0 Å². The lowest BCUT2D eigenvalue weighted by Gasteiger charge is -2.26. The zero-order chi connectivity index (χ0) is 8.97. The molecule has 0 aliphatic carbocycles. The van der Waals surface area contributed by atoms with Gasteiger partial charge in [-0.25, -0.2) is 0 Å². The molecule has 1 atom stereocenters. The molecule has 0 radical (unpaired) electrons. The van der Waals surface area contributed by atoms with Crippen LogP contribution in [-0.2, 0) is 0 Å². The van der Waals surface area contributed by atoms with Crippen molar-refractivity contribution in [3.05, 3.63) is 24.9 Å². The average Bonchev–Trinajstić information content (AvgIpc) is 2.51. The summed E-state index contributed by atoms with van der Waals surface area (Å²) < 4.78 is 0. The van der Waals surface area contributed by atoms with Crippen LogP contribution in [-0.4, -0.2) is 31.1 Å². The molecule has 2 nitrogen and oxygen atoms in total. The van der Waals surface area contributed by atoms with Crippen LogP contribution >= 0.6 is 0 Å². The Bertz CT molecular complexity index is 175. The molecule has 0 aromatic heterocycles. The maximum Gasteiger partial charge on any atom is 0.0468 e. The van der Waals surface area contributed by atoms with E-state index in [0.717, 1.165) is 13.1 Å². The molecule has 2 heteroatoms. The van der Waals surface area contributed by atoms with Crippen molar-refractivity contribution in [3.8, 4) is 0 Å². The number of likely N-dealkylation sites (tertiary alicyclic amines) is 1. The van der Waals surface area contributed by atoms with Crippen LogP contribution in [0.1, 0.15) is 12.8 Å². The third-order valence-electron chi connectivity index (χ3n) is 2.36. The first-order chi connectivity index (χ1) is 5.79. The summed E-state index contributed by atoms with van der Waals surface area (Å²) in [6, 6.07) is 0.519. The van der Waals surface area contributed by atoms with Crippen molar-refractivity contribution in [2.45, 2.75) is 18.9 Å². The Morgan fingerprint density at radius 2 is 2.50 bits per heavy atom. The summed E-state index contributed by atoms with van der Waals surface area (Å²) in [5.41, 5.74) is 1.18. The van der Waals surface area contributed by atoms with Gasteiger partial charge >= 0.3 is 0 Å². The van der Waals surface area contributed by atoms with Gasteiger partial charge in [0, 0.05) is 24.8 Å². The van der Waals surface area contributed by atoms with E-state index in [1.54, 1.807) is 0 Å². The highest BCUT2D eigenvalue weighted by Crippen LogP contribution is 2.21. The van der Waals surface area contributed by atoms with Gasteiger partial charge in [0.25, 0.3) is 0 Å². The number of hydrogen-bond donors (Lipinski definition) is 1. The van der Waals surface area contributed by atoms with E-state index in [1.807, 2.05) is 13.1 Å². The van der Waals surface area contributed by atoms with Gasteiger partial charge in [-0.05, 0) is 19.9 Å². The van der Waals surface area contributed by atoms with Gasteiger partial charge in [-0.2, -0.15) is 0 Å². The zero-order valence-corrected chi connectivity index (χ0v) is 7.84. The predicted octanol–water partition coefficient (Wildman–Crippen LogP) is 1.37. The fourth-order valence-corrected chi connectivity index (χ4v) is 1.74. The molecule has 0 aromatic rings. The second kappa shape index (κ2) is 4.31. The van der Waals surface area contributed by atoms with E-state index in [-0.39, 0.29) is 0 Å². The molecule has 1 fully saturated rings. The minimum Gasteiger partial charge on any atom is -0.368 e. The molecule has 1 heterocycles. The monoisotopic (exact) mass is 166 g/mol. The normalized spacial score (nSPS) is 22.8. The molecule has 0 bridgehead atoms. The Labute approximate surface area is 74.9 Å². The summed E-state index contributed by atoms with van der Waals surface area (Å²) in [4.78, 5) is 2.34. The predicted molar refractivity (Wildman–Crippen MR) is 53.0 cm³/mol. The van der Waals surface area contributed by atoms with Crippen LogP contribution in [0.5, 0.6) is 0 Å². The molecule has 1 rings (SSSR count). The quantitative estimate of drug-likeness (QED) is 0.635. The van der Waals surface area contributed by atoms with Crippen molar-refractivity contribution in [1.82, 2.24) is 10.2 Å². The van der Waals surface area contributed by atoms with E-state index in [0.29, 0.717) is 6.04 Å². The lowest BCUT2D eigenvalue weighted by molar-refractivity contribution is 0.358. The molecular weight excluding hydrogens is 148 g/mol. The molecule has 0 aromatic carbocycles. The van der Waals surface area contributed by atoms with Crippen molar-refractivity contribution in [1.29, 1.82) is 0 Å². The Balaban J connectivity index is 2.49. The smallest absolute Gasteiger partial charge is 0.0468 e. The number of nitrogens with one attached hydrogen (secondary N) is 1. The molecule has 0 spiro atoms. The lowest BCUT2D eigenvalue weighted by Crippen LogP contribution is -2.31. The Hall–Kier alpha value is -0.760. The first-order valence-electron chi connectivity index (χ1n) is 4.51. The van der Waals surface area contributed by atoms with Gasteiger partial charge in [-0.1, -0.05) is 12.7 Å². The van der Waals surface area contributed by atoms with Crippen LogP contribution in [0, 0.1) is 0 Å². The molecule has 12 heavy (non-hydrogen) atoms. The standard InChI is InChI=1S/C10H18N2/c1-4-10-6-5-7-12(10)9(2)8-11-3/h4,10-11H,1-2,5-8H2,3H3. The zero-order valence-electron chi connectivity index (χ0n) is 7.84. The highest BCUT2D eigenvalue weighted by atomic mass is 15.2. The first-order valence-corrected chi connectivity index (χ1v) is 4.51. The highest BCUT2D eigenvalue weighted by Gasteiger charge is 2.21. The SMILES string of the molecule is C=CC1CCCN1C(=C)CNC. The second-order valence-electron chi connectivity index (χ2n) is 3.24. The first kappa shape index (κ1) is 9.33. The largest absolute Gasteiger partial charge is 0.368 e. The van der Waals surface area contributed by atoms with Gasteiger partial charge in [-0.3, -0.25) is 0 Å². The average molecular weight is 166 g/mol. The van der Waals surface area contributed by atoms with E-state index < -0.39 is 0 Å². The fraction of sp³-hybridized carbons (Fsp3) is 0.600. The molecule has 68 valence electrons. The molecule has 0 saturated carbocycles. The molecule has 1 aliphatic rings. The number of hydrogen-bond acceptors (Lipinski definition) is 2. The van der Waals surface area contributed by atoms with Crippen LogP contribution in [0.15, 0.2) is 24.9 Å². The third kappa shape index (κ3) is 1.89. The van der Waals surface area contributed by atoms with E-state index in [9.17, 15) is 0 Å². The van der Waals surface area contributed by atoms with Crippen LogP contribution in [0.4, 0.5) is 0 Å². The van der Waals surface area contributed by atoms with Gasteiger partial charge in [-0.15, -0.1) is 6.58 Å². The van der Waals surface area contributed by atoms with Crippen LogP contribution < -0.4 is 5.32 Å². The molecule has 0 amide bonds. The third-order valence-corrected chi connectivity index (χ3v) is 2.36. The minimum absolute atomic E-state index is 0.519. The van der Waals surface area contributed by atoms with Crippen LogP contribution in [0.25, 0.3) is 0 Å². The number of likely N-dealkylation sites (N-methyl/N-ethyl adjacent to an activating group) is 1. The summed E-state index contributed by atoms with van der Waals surface area (Å²) in [6.45, 7) is 9.89. The fourth-order valence-electron chi connectivity index (χ4n) is 1.74. The number of rotatable bonds is 4. The lowest BCUT2D eigenvalue weighted by atomic mass is 10.2.